The molecule has 72 valence electrons. The van der Waals surface area contributed by atoms with Crippen LogP contribution in [0.25, 0.3) is 0 Å². The predicted molar refractivity (Wildman–Crippen MR) is 45.2 cm³/mol. The Kier molecular flexibility index (Phi) is 5.07. The summed E-state index contributed by atoms with van der Waals surface area (Å²) in [6, 6.07) is 4.00. The highest BCUT2D eigenvalue weighted by atomic mass is 35.5. The third-order valence-corrected chi connectivity index (χ3v) is 1.67. The molecule has 0 saturated carbocycles. The van der Waals surface area contributed by atoms with E-state index in [-0.39, 0.29) is 18.3 Å². The fourth-order valence-electron chi connectivity index (χ4n) is 0.920. The van der Waals surface area contributed by atoms with Gasteiger partial charge in [-0.25, -0.2) is 4.57 Å². The molecule has 1 heterocycles. The largest absolute Gasteiger partial charge is 1.00 e. The normalized spacial score (nSPS) is 9.00. The third-order valence-electron chi connectivity index (χ3n) is 1.67. The van der Waals surface area contributed by atoms with E-state index in [0.717, 1.165) is 0 Å². The zero-order chi connectivity index (χ0) is 8.97. The van der Waals surface area contributed by atoms with Gasteiger partial charge in [0, 0.05) is 12.1 Å². The van der Waals surface area contributed by atoms with Gasteiger partial charge in [-0.2, -0.15) is 0 Å². The van der Waals surface area contributed by atoms with Gasteiger partial charge >= 0.3 is 0 Å². The fraction of sp³-hybridized carbons (Fsp3) is 0.333. The molecule has 0 saturated heterocycles. The Morgan fingerprint density at radius 1 is 1.46 bits per heavy atom. The number of amides is 1. The van der Waals surface area contributed by atoms with Crippen LogP contribution >= 0.6 is 0 Å². The van der Waals surface area contributed by atoms with Gasteiger partial charge < -0.3 is 18.1 Å². The van der Waals surface area contributed by atoms with Crippen molar-refractivity contribution in [1.29, 1.82) is 0 Å². The first-order chi connectivity index (χ1) is 5.68. The quantitative estimate of drug-likeness (QED) is 0.526. The summed E-state index contributed by atoms with van der Waals surface area (Å²) in [6.07, 6.45) is 4.28. The number of pyridine rings is 1. The number of hydrogen-bond acceptors (Lipinski definition) is 1. The van der Waals surface area contributed by atoms with E-state index in [1.165, 1.54) is 5.56 Å². The van der Waals surface area contributed by atoms with Crippen molar-refractivity contribution >= 4 is 5.91 Å². The van der Waals surface area contributed by atoms with Crippen LogP contribution in [0.1, 0.15) is 12.0 Å². The van der Waals surface area contributed by atoms with Crippen molar-refractivity contribution in [1.82, 2.24) is 0 Å². The second-order valence-electron chi connectivity index (χ2n) is 2.83. The standard InChI is InChI=1S/C9H12N2O.ClH/c1-8-2-5-11(6-3-8)7-4-9(10)12;/h2-3,5-6H,4,7H2,1H3,(H-,10,12);1H. The van der Waals surface area contributed by atoms with Crippen molar-refractivity contribution in [2.24, 2.45) is 5.73 Å². The van der Waals surface area contributed by atoms with Crippen molar-refractivity contribution < 1.29 is 21.8 Å². The first-order valence-corrected chi connectivity index (χ1v) is 3.92. The second kappa shape index (κ2) is 5.54. The number of nitrogens with two attached hydrogens (primary N) is 1. The van der Waals surface area contributed by atoms with Crippen LogP contribution < -0.4 is 22.7 Å². The third kappa shape index (κ3) is 4.48. The van der Waals surface area contributed by atoms with E-state index in [4.69, 9.17) is 5.73 Å². The highest BCUT2D eigenvalue weighted by molar-refractivity contribution is 5.73. The topological polar surface area (TPSA) is 47.0 Å². The van der Waals surface area contributed by atoms with Crippen LogP contribution in [0.4, 0.5) is 0 Å². The summed E-state index contributed by atoms with van der Waals surface area (Å²) >= 11 is 0. The summed E-state index contributed by atoms with van der Waals surface area (Å²) < 4.78 is 1.94. The van der Waals surface area contributed by atoms with Crippen LogP contribution in [-0.2, 0) is 11.3 Å². The maximum absolute atomic E-state index is 10.4. The molecule has 0 bridgehead atoms. The molecular weight excluding hydrogens is 188 g/mol. The first-order valence-electron chi connectivity index (χ1n) is 3.92. The molecule has 1 aromatic rings. The molecule has 0 aliphatic carbocycles. The smallest absolute Gasteiger partial charge is 0.223 e. The predicted octanol–water partition coefficient (Wildman–Crippen LogP) is -2.84. The Bertz CT molecular complexity index is 271. The van der Waals surface area contributed by atoms with E-state index < -0.39 is 0 Å². The maximum atomic E-state index is 10.4. The van der Waals surface area contributed by atoms with Crippen LogP contribution in [0.15, 0.2) is 24.5 Å². The Balaban J connectivity index is 0.00000144. The van der Waals surface area contributed by atoms with E-state index in [1.807, 2.05) is 36.0 Å². The molecule has 0 unspecified atom stereocenters. The minimum absolute atomic E-state index is 0. The van der Waals surface area contributed by atoms with Crippen LogP contribution in [0, 0.1) is 6.92 Å². The molecule has 0 spiro atoms. The molecule has 0 aliphatic heterocycles. The summed E-state index contributed by atoms with van der Waals surface area (Å²) in [6.45, 7) is 2.69. The highest BCUT2D eigenvalue weighted by Crippen LogP contribution is 1.89. The number of halogens is 1. The highest BCUT2D eigenvalue weighted by Gasteiger charge is 2.01. The van der Waals surface area contributed by atoms with E-state index in [1.54, 1.807) is 0 Å². The minimum atomic E-state index is -0.261. The summed E-state index contributed by atoms with van der Waals surface area (Å²) in [7, 11) is 0. The lowest BCUT2D eigenvalue weighted by molar-refractivity contribution is -0.695. The van der Waals surface area contributed by atoms with Gasteiger partial charge in [-0.15, -0.1) is 0 Å². The Morgan fingerprint density at radius 2 is 2.00 bits per heavy atom. The molecule has 13 heavy (non-hydrogen) atoms. The van der Waals surface area contributed by atoms with Crippen molar-refractivity contribution in [3.63, 3.8) is 0 Å². The molecule has 0 aromatic carbocycles. The molecule has 1 aromatic heterocycles. The summed E-state index contributed by atoms with van der Waals surface area (Å²) in [5.74, 6) is -0.261. The molecular formula is C9H13ClN2O. The van der Waals surface area contributed by atoms with Gasteiger partial charge in [-0.3, -0.25) is 4.79 Å². The molecule has 3 nitrogen and oxygen atoms in total. The molecule has 1 rings (SSSR count). The minimum Gasteiger partial charge on any atom is -1.00 e. The van der Waals surface area contributed by atoms with Crippen molar-refractivity contribution in [2.45, 2.75) is 19.9 Å². The van der Waals surface area contributed by atoms with Crippen molar-refractivity contribution in [3.05, 3.63) is 30.1 Å². The Labute approximate surface area is 84.0 Å². The zero-order valence-electron chi connectivity index (χ0n) is 7.53. The van der Waals surface area contributed by atoms with E-state index >= 15 is 0 Å². The lowest BCUT2D eigenvalue weighted by Crippen LogP contribution is -3.00. The van der Waals surface area contributed by atoms with Gasteiger partial charge in [0.05, 0.1) is 6.42 Å². The summed E-state index contributed by atoms with van der Waals surface area (Å²) in [4.78, 5) is 10.4. The van der Waals surface area contributed by atoms with Crippen LogP contribution in [-0.4, -0.2) is 5.91 Å². The lowest BCUT2D eigenvalue weighted by Gasteiger charge is -1.94. The number of nitrogens with zero attached hydrogens (tertiary/aromatic N) is 1. The first kappa shape index (κ1) is 11.9. The Morgan fingerprint density at radius 3 is 2.46 bits per heavy atom. The average Bonchev–Trinajstić information content (AvgIpc) is 2.03. The van der Waals surface area contributed by atoms with Gasteiger partial charge in [0.2, 0.25) is 5.91 Å². The molecule has 2 N–H and O–H groups in total. The molecule has 0 aliphatic rings. The molecule has 0 radical (unpaired) electrons. The molecule has 0 fully saturated rings. The summed E-state index contributed by atoms with van der Waals surface area (Å²) in [5.41, 5.74) is 6.23. The molecule has 0 atom stereocenters. The van der Waals surface area contributed by atoms with Crippen LogP contribution in [0.5, 0.6) is 0 Å². The molecule has 4 heteroatoms. The van der Waals surface area contributed by atoms with Gasteiger partial charge in [0.15, 0.2) is 18.9 Å². The average molecular weight is 201 g/mol. The molecule has 1 amide bonds. The van der Waals surface area contributed by atoms with Crippen LogP contribution in [0.3, 0.4) is 0 Å². The Hall–Kier alpha value is -1.09. The fourth-order valence-corrected chi connectivity index (χ4v) is 0.920. The van der Waals surface area contributed by atoms with E-state index in [2.05, 4.69) is 0 Å². The number of rotatable bonds is 3. The lowest BCUT2D eigenvalue weighted by atomic mass is 10.3. The van der Waals surface area contributed by atoms with Gasteiger partial charge in [0.1, 0.15) is 0 Å². The van der Waals surface area contributed by atoms with E-state index in [9.17, 15) is 4.79 Å². The van der Waals surface area contributed by atoms with Crippen molar-refractivity contribution in [2.75, 3.05) is 0 Å². The maximum Gasteiger partial charge on any atom is 0.223 e. The van der Waals surface area contributed by atoms with Crippen LogP contribution in [0.2, 0.25) is 0 Å². The number of primary amides is 1. The second-order valence-corrected chi connectivity index (χ2v) is 2.83. The zero-order valence-corrected chi connectivity index (χ0v) is 8.29. The SMILES string of the molecule is Cc1cc[n+](CCC(N)=O)cc1.[Cl-]. The van der Waals surface area contributed by atoms with Gasteiger partial charge in [0.25, 0.3) is 0 Å². The van der Waals surface area contributed by atoms with Gasteiger partial charge in [-0.1, -0.05) is 0 Å². The number of hydrogen-bond donors (Lipinski definition) is 1. The number of aromatic nitrogens is 1. The van der Waals surface area contributed by atoms with Crippen molar-refractivity contribution in [3.8, 4) is 0 Å². The number of carbonyl (C=O) groups is 1. The monoisotopic (exact) mass is 200 g/mol. The van der Waals surface area contributed by atoms with E-state index in [0.29, 0.717) is 13.0 Å². The summed E-state index contributed by atoms with van der Waals surface area (Å²) in [5, 5.41) is 0. The number of aryl methyl sites for hydroxylation is 2. The number of carbonyl (C=O) groups excluding carboxylic acids is 1. The van der Waals surface area contributed by atoms with Gasteiger partial charge in [-0.05, 0) is 12.5 Å².